The summed E-state index contributed by atoms with van der Waals surface area (Å²) in [7, 11) is 0. The Morgan fingerprint density at radius 2 is 1.95 bits per heavy atom. The highest BCUT2D eigenvalue weighted by atomic mass is 16.3. The van der Waals surface area contributed by atoms with Gasteiger partial charge in [-0.25, -0.2) is 0 Å². The van der Waals surface area contributed by atoms with Crippen LogP contribution in [0.15, 0.2) is 53.2 Å². The largest absolute Gasteiger partial charge is 0.465 e. The Balaban J connectivity index is 1.56. The topological polar surface area (TPSA) is 62.7 Å². The summed E-state index contributed by atoms with van der Waals surface area (Å²) in [4.78, 5) is 16.2. The summed E-state index contributed by atoms with van der Waals surface area (Å²) in [5, 5.41) is 0. The molecule has 1 aliphatic heterocycles. The van der Waals surface area contributed by atoms with Gasteiger partial charge in [-0.15, -0.1) is 0 Å². The number of nitrogens with two attached hydrogens (primary N) is 1. The molecule has 5 nitrogen and oxygen atoms in total. The van der Waals surface area contributed by atoms with E-state index in [2.05, 4.69) is 4.90 Å². The number of rotatable bonds is 3. The third-order valence-corrected chi connectivity index (χ3v) is 3.76. The van der Waals surface area contributed by atoms with Gasteiger partial charge in [0.1, 0.15) is 5.76 Å². The van der Waals surface area contributed by atoms with Crippen molar-refractivity contribution in [3.05, 3.63) is 54.5 Å². The lowest BCUT2D eigenvalue weighted by Gasteiger charge is -2.35. The van der Waals surface area contributed by atoms with Crippen LogP contribution in [0.4, 0.5) is 11.4 Å². The second kappa shape index (κ2) is 6.39. The van der Waals surface area contributed by atoms with E-state index in [0.29, 0.717) is 18.8 Å². The monoisotopic (exact) mass is 297 g/mol. The van der Waals surface area contributed by atoms with Crippen molar-refractivity contribution >= 4 is 23.4 Å². The van der Waals surface area contributed by atoms with Crippen LogP contribution < -0.4 is 10.6 Å². The third kappa shape index (κ3) is 3.31. The molecule has 1 aliphatic rings. The highest BCUT2D eigenvalue weighted by molar-refractivity contribution is 5.91. The van der Waals surface area contributed by atoms with Crippen LogP contribution in [0.3, 0.4) is 0 Å². The van der Waals surface area contributed by atoms with Crippen molar-refractivity contribution in [2.45, 2.75) is 0 Å². The molecule has 0 saturated carbocycles. The van der Waals surface area contributed by atoms with Gasteiger partial charge in [-0.1, -0.05) is 6.07 Å². The third-order valence-electron chi connectivity index (χ3n) is 3.76. The average molecular weight is 297 g/mol. The predicted molar refractivity (Wildman–Crippen MR) is 87.4 cm³/mol. The first-order chi connectivity index (χ1) is 10.7. The van der Waals surface area contributed by atoms with Gasteiger partial charge in [-0.2, -0.15) is 0 Å². The van der Waals surface area contributed by atoms with Crippen molar-refractivity contribution in [2.24, 2.45) is 0 Å². The quantitative estimate of drug-likeness (QED) is 0.697. The van der Waals surface area contributed by atoms with Crippen molar-refractivity contribution in [3.8, 4) is 0 Å². The number of anilines is 2. The standard InChI is InChI=1S/C17H19N3O2/c18-14-3-1-4-15(13-14)19-8-10-20(11-9-19)17(21)7-6-16-5-2-12-22-16/h1-7,12-13H,8-11,18H2/b7-6+. The maximum Gasteiger partial charge on any atom is 0.246 e. The fourth-order valence-electron chi connectivity index (χ4n) is 2.55. The first kappa shape index (κ1) is 14.3. The van der Waals surface area contributed by atoms with E-state index in [9.17, 15) is 4.79 Å². The lowest BCUT2D eigenvalue weighted by Crippen LogP contribution is -2.48. The number of piperazine rings is 1. The van der Waals surface area contributed by atoms with Gasteiger partial charge in [-0.05, 0) is 36.4 Å². The molecular weight excluding hydrogens is 278 g/mol. The van der Waals surface area contributed by atoms with Gasteiger partial charge < -0.3 is 20.0 Å². The van der Waals surface area contributed by atoms with Gasteiger partial charge in [-0.3, -0.25) is 4.79 Å². The Kier molecular flexibility index (Phi) is 4.14. The van der Waals surface area contributed by atoms with E-state index in [0.717, 1.165) is 24.5 Å². The van der Waals surface area contributed by atoms with E-state index in [4.69, 9.17) is 10.2 Å². The number of carbonyl (C=O) groups is 1. The van der Waals surface area contributed by atoms with Crippen molar-refractivity contribution in [2.75, 3.05) is 36.8 Å². The molecule has 2 aromatic rings. The first-order valence-electron chi connectivity index (χ1n) is 7.33. The minimum absolute atomic E-state index is 0.0172. The number of carbonyl (C=O) groups excluding carboxylic acids is 1. The number of hydrogen-bond acceptors (Lipinski definition) is 4. The lowest BCUT2D eigenvalue weighted by atomic mass is 10.2. The zero-order valence-corrected chi connectivity index (χ0v) is 12.3. The van der Waals surface area contributed by atoms with Crippen LogP contribution in [0.25, 0.3) is 6.08 Å². The molecule has 0 radical (unpaired) electrons. The molecule has 1 amide bonds. The molecule has 1 saturated heterocycles. The molecule has 114 valence electrons. The fraction of sp³-hybridized carbons (Fsp3) is 0.235. The Bertz CT molecular complexity index is 656. The molecule has 0 aliphatic carbocycles. The minimum atomic E-state index is 0.0172. The zero-order chi connectivity index (χ0) is 15.4. The van der Waals surface area contributed by atoms with E-state index in [1.165, 1.54) is 0 Å². The molecule has 0 unspecified atom stereocenters. The summed E-state index contributed by atoms with van der Waals surface area (Å²) < 4.78 is 5.18. The van der Waals surface area contributed by atoms with E-state index in [1.807, 2.05) is 35.2 Å². The number of nitrogens with zero attached hydrogens (tertiary/aromatic N) is 2. The molecule has 0 atom stereocenters. The zero-order valence-electron chi connectivity index (χ0n) is 12.3. The van der Waals surface area contributed by atoms with Gasteiger partial charge in [0, 0.05) is 43.6 Å². The van der Waals surface area contributed by atoms with Crippen LogP contribution in [0.1, 0.15) is 5.76 Å². The van der Waals surface area contributed by atoms with Crippen molar-refractivity contribution in [3.63, 3.8) is 0 Å². The van der Waals surface area contributed by atoms with Crippen molar-refractivity contribution in [1.29, 1.82) is 0 Å². The van der Waals surface area contributed by atoms with Gasteiger partial charge >= 0.3 is 0 Å². The summed E-state index contributed by atoms with van der Waals surface area (Å²) in [6, 6.07) is 11.5. The van der Waals surface area contributed by atoms with Crippen LogP contribution in [-0.2, 0) is 4.79 Å². The fourth-order valence-corrected chi connectivity index (χ4v) is 2.55. The average Bonchev–Trinajstić information content (AvgIpc) is 3.06. The Morgan fingerprint density at radius 3 is 2.64 bits per heavy atom. The van der Waals surface area contributed by atoms with E-state index >= 15 is 0 Å². The molecule has 0 bridgehead atoms. The Morgan fingerprint density at radius 1 is 1.14 bits per heavy atom. The van der Waals surface area contributed by atoms with Gasteiger partial charge in [0.15, 0.2) is 0 Å². The molecule has 2 heterocycles. The van der Waals surface area contributed by atoms with Crippen molar-refractivity contribution < 1.29 is 9.21 Å². The summed E-state index contributed by atoms with van der Waals surface area (Å²) in [5.74, 6) is 0.704. The van der Waals surface area contributed by atoms with Crippen LogP contribution in [0.5, 0.6) is 0 Å². The van der Waals surface area contributed by atoms with Crippen LogP contribution in [0.2, 0.25) is 0 Å². The van der Waals surface area contributed by atoms with Gasteiger partial charge in [0.2, 0.25) is 5.91 Å². The van der Waals surface area contributed by atoms with E-state index in [-0.39, 0.29) is 5.91 Å². The molecule has 1 fully saturated rings. The van der Waals surface area contributed by atoms with Gasteiger partial charge in [0.05, 0.1) is 6.26 Å². The molecule has 22 heavy (non-hydrogen) atoms. The highest BCUT2D eigenvalue weighted by Gasteiger charge is 2.19. The normalized spacial score (nSPS) is 15.5. The molecule has 1 aromatic carbocycles. The van der Waals surface area contributed by atoms with Crippen LogP contribution in [0, 0.1) is 0 Å². The summed E-state index contributed by atoms with van der Waals surface area (Å²) in [5.41, 5.74) is 7.69. The maximum absolute atomic E-state index is 12.1. The molecule has 3 rings (SSSR count). The van der Waals surface area contributed by atoms with E-state index in [1.54, 1.807) is 24.5 Å². The SMILES string of the molecule is Nc1cccc(N2CCN(C(=O)/C=C/c3ccco3)CC2)c1. The molecule has 0 spiro atoms. The first-order valence-corrected chi connectivity index (χ1v) is 7.33. The Labute approximate surface area is 129 Å². The molecule has 5 heteroatoms. The Hall–Kier alpha value is -2.69. The second-order valence-corrected chi connectivity index (χ2v) is 5.26. The highest BCUT2D eigenvalue weighted by Crippen LogP contribution is 2.19. The van der Waals surface area contributed by atoms with Crippen LogP contribution >= 0.6 is 0 Å². The summed E-state index contributed by atoms with van der Waals surface area (Å²) in [6.45, 7) is 3.03. The summed E-state index contributed by atoms with van der Waals surface area (Å²) >= 11 is 0. The number of nitrogen functional groups attached to an aromatic ring is 1. The smallest absolute Gasteiger partial charge is 0.246 e. The molecule has 1 aromatic heterocycles. The lowest BCUT2D eigenvalue weighted by molar-refractivity contribution is -0.126. The number of furan rings is 1. The predicted octanol–water partition coefficient (Wildman–Crippen LogP) is 2.22. The van der Waals surface area contributed by atoms with Crippen LogP contribution in [-0.4, -0.2) is 37.0 Å². The maximum atomic E-state index is 12.1. The summed E-state index contributed by atoms with van der Waals surface area (Å²) in [6.07, 6.45) is 4.86. The molecular formula is C17H19N3O2. The number of benzene rings is 1. The number of hydrogen-bond donors (Lipinski definition) is 1. The minimum Gasteiger partial charge on any atom is -0.465 e. The number of amides is 1. The van der Waals surface area contributed by atoms with Gasteiger partial charge in [0.25, 0.3) is 0 Å². The second-order valence-electron chi connectivity index (χ2n) is 5.26. The van der Waals surface area contributed by atoms with E-state index < -0.39 is 0 Å². The van der Waals surface area contributed by atoms with Crippen molar-refractivity contribution in [1.82, 2.24) is 4.90 Å². The molecule has 2 N–H and O–H groups in total.